The summed E-state index contributed by atoms with van der Waals surface area (Å²) in [6, 6.07) is 0. The van der Waals surface area contributed by atoms with Gasteiger partial charge in [-0.1, -0.05) is 6.92 Å². The lowest BCUT2D eigenvalue weighted by atomic mass is 9.90. The van der Waals surface area contributed by atoms with Gasteiger partial charge in [0.15, 0.2) is 0 Å². The number of carbonyl (C=O) groups is 1. The van der Waals surface area contributed by atoms with Gasteiger partial charge in [0.25, 0.3) is 0 Å². The Balaban J connectivity index is 4.19. The molecule has 0 amide bonds. The fourth-order valence-electron chi connectivity index (χ4n) is 1.05. The second kappa shape index (κ2) is 6.47. The molecule has 0 aliphatic rings. The van der Waals surface area contributed by atoms with E-state index in [2.05, 4.69) is 0 Å². The van der Waals surface area contributed by atoms with Gasteiger partial charge in [-0.05, 0) is 20.3 Å². The maximum Gasteiger partial charge on any atom is 0.309 e. The molecule has 0 atom stereocenters. The van der Waals surface area contributed by atoms with Crippen molar-refractivity contribution < 1.29 is 20.1 Å². The van der Waals surface area contributed by atoms with Crippen LogP contribution in [0.15, 0.2) is 0 Å². The van der Waals surface area contributed by atoms with E-state index in [1.54, 1.807) is 13.8 Å². The molecule has 16 heavy (non-hydrogen) atoms. The van der Waals surface area contributed by atoms with Crippen molar-refractivity contribution in [3.63, 3.8) is 0 Å². The highest BCUT2D eigenvalue weighted by Crippen LogP contribution is 2.30. The molecule has 0 aromatic heterocycles. The van der Waals surface area contributed by atoms with Gasteiger partial charge in [0.2, 0.25) is 0 Å². The van der Waals surface area contributed by atoms with E-state index < -0.39 is 16.8 Å². The van der Waals surface area contributed by atoms with Crippen LogP contribution in [0.4, 0.5) is 0 Å². The molecule has 0 aliphatic heterocycles. The lowest BCUT2D eigenvalue weighted by molar-refractivity contribution is -0.145. The molecule has 0 radical (unpaired) electrons. The van der Waals surface area contributed by atoms with Gasteiger partial charge in [-0.2, -0.15) is 11.8 Å². The van der Waals surface area contributed by atoms with Crippen molar-refractivity contribution in [1.82, 2.24) is 0 Å². The third-order valence-electron chi connectivity index (χ3n) is 2.87. The number of carboxylic acids is 1. The van der Waals surface area contributed by atoms with Gasteiger partial charge in [-0.15, -0.1) is 0 Å². The number of aliphatic hydroxyl groups is 2. The smallest absolute Gasteiger partial charge is 0.309 e. The molecule has 0 spiro atoms. The van der Waals surface area contributed by atoms with Crippen LogP contribution in [0.3, 0.4) is 0 Å². The Kier molecular flexibility index (Phi) is 6.36. The Morgan fingerprint density at radius 3 is 2.00 bits per heavy atom. The molecule has 0 heterocycles. The fraction of sp³-hybridized carbons (Fsp3) is 0.909. The molecule has 0 unspecified atom stereocenters. The van der Waals surface area contributed by atoms with Crippen molar-refractivity contribution in [3.05, 3.63) is 0 Å². The first-order chi connectivity index (χ1) is 7.33. The molecule has 96 valence electrons. The lowest BCUT2D eigenvalue weighted by Gasteiger charge is -2.29. The zero-order valence-electron chi connectivity index (χ0n) is 10.2. The highest BCUT2D eigenvalue weighted by Gasteiger charge is 2.31. The second-order valence-corrected chi connectivity index (χ2v) is 5.84. The summed E-state index contributed by atoms with van der Waals surface area (Å²) in [6.45, 7) is 5.12. The van der Waals surface area contributed by atoms with Crippen LogP contribution >= 0.6 is 11.8 Å². The van der Waals surface area contributed by atoms with Crippen LogP contribution in [0.2, 0.25) is 0 Å². The molecule has 0 aromatic rings. The van der Waals surface area contributed by atoms with E-state index in [0.717, 1.165) is 0 Å². The summed E-state index contributed by atoms with van der Waals surface area (Å²) in [5.74, 6) is 0.229. The van der Waals surface area contributed by atoms with E-state index >= 15 is 0 Å². The summed E-state index contributed by atoms with van der Waals surface area (Å²) in [5, 5.41) is 27.4. The van der Waals surface area contributed by atoms with E-state index in [0.29, 0.717) is 17.9 Å². The number of aliphatic carboxylic acids is 1. The molecule has 0 saturated carbocycles. The molecular formula is C11H22O4S. The molecule has 0 fully saturated rings. The van der Waals surface area contributed by atoms with Gasteiger partial charge in [-0.25, -0.2) is 0 Å². The monoisotopic (exact) mass is 250 g/mol. The number of hydrogen-bond donors (Lipinski definition) is 3. The van der Waals surface area contributed by atoms with Gasteiger partial charge in [0.05, 0.1) is 18.6 Å². The number of aliphatic hydroxyl groups excluding tert-OH is 2. The van der Waals surface area contributed by atoms with Crippen molar-refractivity contribution in [2.45, 2.75) is 27.2 Å². The van der Waals surface area contributed by atoms with Gasteiger partial charge in [0, 0.05) is 16.9 Å². The molecule has 5 heteroatoms. The Bertz CT molecular complexity index is 216. The SMILES string of the molecule is CCC(CO)(CO)CSCC(C)(C)C(=O)O. The number of rotatable bonds is 8. The summed E-state index contributed by atoms with van der Waals surface area (Å²) in [4.78, 5) is 10.9. The zero-order valence-corrected chi connectivity index (χ0v) is 11.0. The Labute approximate surface area is 101 Å². The molecular weight excluding hydrogens is 228 g/mol. The predicted molar refractivity (Wildman–Crippen MR) is 65.6 cm³/mol. The molecule has 0 rings (SSSR count). The maximum absolute atomic E-state index is 10.9. The Hall–Kier alpha value is -0.260. The van der Waals surface area contributed by atoms with Crippen molar-refractivity contribution in [2.24, 2.45) is 10.8 Å². The van der Waals surface area contributed by atoms with Gasteiger partial charge in [-0.3, -0.25) is 4.79 Å². The lowest BCUT2D eigenvalue weighted by Crippen LogP contribution is -2.33. The topological polar surface area (TPSA) is 77.8 Å². The van der Waals surface area contributed by atoms with Gasteiger partial charge >= 0.3 is 5.97 Å². The minimum absolute atomic E-state index is 0.0689. The summed E-state index contributed by atoms with van der Waals surface area (Å²) in [7, 11) is 0. The molecule has 4 nitrogen and oxygen atoms in total. The summed E-state index contributed by atoms with van der Waals surface area (Å²) < 4.78 is 0. The minimum Gasteiger partial charge on any atom is -0.481 e. The van der Waals surface area contributed by atoms with E-state index in [1.807, 2.05) is 6.92 Å². The average Bonchev–Trinajstić information content (AvgIpc) is 2.25. The van der Waals surface area contributed by atoms with Crippen molar-refractivity contribution in [3.8, 4) is 0 Å². The van der Waals surface area contributed by atoms with E-state index in [4.69, 9.17) is 5.11 Å². The van der Waals surface area contributed by atoms with E-state index in [1.165, 1.54) is 11.8 Å². The normalized spacial score (nSPS) is 12.8. The fourth-order valence-corrected chi connectivity index (χ4v) is 2.61. The third kappa shape index (κ3) is 4.31. The van der Waals surface area contributed by atoms with Crippen molar-refractivity contribution in [2.75, 3.05) is 24.7 Å². The predicted octanol–water partition coefficient (Wildman–Crippen LogP) is 1.21. The molecule has 3 N–H and O–H groups in total. The standard InChI is InChI=1S/C11H22O4S/c1-4-11(5-12,6-13)8-16-7-10(2,3)9(14)15/h12-13H,4-8H2,1-3H3,(H,14,15). The zero-order chi connectivity index (χ0) is 12.8. The van der Waals surface area contributed by atoms with Crippen LogP contribution in [0.5, 0.6) is 0 Å². The first-order valence-corrected chi connectivity index (χ1v) is 6.52. The summed E-state index contributed by atoms with van der Waals surface area (Å²) in [6.07, 6.45) is 0.681. The van der Waals surface area contributed by atoms with Crippen LogP contribution in [0, 0.1) is 10.8 Å². The molecule has 0 aliphatic carbocycles. The van der Waals surface area contributed by atoms with Crippen molar-refractivity contribution >= 4 is 17.7 Å². The highest BCUT2D eigenvalue weighted by atomic mass is 32.2. The summed E-state index contributed by atoms with van der Waals surface area (Å²) >= 11 is 1.47. The summed E-state index contributed by atoms with van der Waals surface area (Å²) in [5.41, 5.74) is -1.26. The second-order valence-electron chi connectivity index (χ2n) is 4.85. The number of carboxylic acid groups (broad SMARTS) is 1. The minimum atomic E-state index is -0.824. The van der Waals surface area contributed by atoms with E-state index in [-0.39, 0.29) is 13.2 Å². The quantitative estimate of drug-likeness (QED) is 0.603. The average molecular weight is 250 g/mol. The number of hydrogen-bond acceptors (Lipinski definition) is 4. The highest BCUT2D eigenvalue weighted by molar-refractivity contribution is 7.99. The third-order valence-corrected chi connectivity index (χ3v) is 4.61. The van der Waals surface area contributed by atoms with E-state index in [9.17, 15) is 15.0 Å². The van der Waals surface area contributed by atoms with Crippen LogP contribution in [0.1, 0.15) is 27.2 Å². The Morgan fingerprint density at radius 1 is 1.19 bits per heavy atom. The van der Waals surface area contributed by atoms with Crippen LogP contribution < -0.4 is 0 Å². The first-order valence-electron chi connectivity index (χ1n) is 5.36. The first kappa shape index (κ1) is 15.7. The van der Waals surface area contributed by atoms with Crippen molar-refractivity contribution in [1.29, 1.82) is 0 Å². The Morgan fingerprint density at radius 2 is 1.69 bits per heavy atom. The molecule has 0 bridgehead atoms. The van der Waals surface area contributed by atoms with Crippen LogP contribution in [-0.4, -0.2) is 46.0 Å². The largest absolute Gasteiger partial charge is 0.481 e. The number of thioether (sulfide) groups is 1. The molecule has 0 saturated heterocycles. The van der Waals surface area contributed by atoms with Crippen LogP contribution in [0.25, 0.3) is 0 Å². The van der Waals surface area contributed by atoms with Gasteiger partial charge < -0.3 is 15.3 Å². The maximum atomic E-state index is 10.9. The van der Waals surface area contributed by atoms with Crippen LogP contribution in [-0.2, 0) is 4.79 Å². The van der Waals surface area contributed by atoms with Gasteiger partial charge in [0.1, 0.15) is 0 Å². The molecule has 0 aromatic carbocycles.